The molecule has 1 atom stereocenters. The van der Waals surface area contributed by atoms with Crippen LogP contribution < -0.4 is 0 Å². The summed E-state index contributed by atoms with van der Waals surface area (Å²) in [5.41, 5.74) is -1.17. The maximum atomic E-state index is 12.7. The van der Waals surface area contributed by atoms with Crippen LogP contribution in [0.25, 0.3) is 0 Å². The first-order valence-corrected chi connectivity index (χ1v) is 8.42. The first-order valence-electron chi connectivity index (χ1n) is 8.42. The molecule has 144 valence electrons. The Kier molecular flexibility index (Phi) is 6.89. The predicted molar refractivity (Wildman–Crippen MR) is 96.2 cm³/mol. The maximum absolute atomic E-state index is 12.7. The first kappa shape index (κ1) is 21.6. The van der Waals surface area contributed by atoms with Gasteiger partial charge in [0.15, 0.2) is 5.92 Å². The number of esters is 2. The van der Waals surface area contributed by atoms with Crippen molar-refractivity contribution >= 4 is 11.9 Å². The van der Waals surface area contributed by atoms with Gasteiger partial charge in [-0.3, -0.25) is 19.7 Å². The van der Waals surface area contributed by atoms with Crippen LogP contribution in [0.1, 0.15) is 53.0 Å². The number of carbonyl (C=O) groups is 2. The molecule has 0 unspecified atom stereocenters. The zero-order valence-corrected chi connectivity index (χ0v) is 16.1. The monoisotopic (exact) mass is 365 g/mol. The van der Waals surface area contributed by atoms with Gasteiger partial charge in [-0.15, -0.1) is 0 Å². The van der Waals surface area contributed by atoms with Crippen LogP contribution in [0.3, 0.4) is 0 Å². The SMILES string of the molecule is CC(C)(C)OC(=O)C(C(=O)OC(C)(C)C)[C@@H](C[N+](=O)[O-])c1ccccc1. The summed E-state index contributed by atoms with van der Waals surface area (Å²) >= 11 is 0. The molecule has 0 saturated heterocycles. The Hall–Kier alpha value is -2.44. The molecule has 1 aromatic carbocycles. The molecule has 0 bridgehead atoms. The second kappa shape index (κ2) is 8.29. The number of ether oxygens (including phenoxy) is 2. The lowest BCUT2D eigenvalue weighted by Crippen LogP contribution is -2.41. The molecule has 26 heavy (non-hydrogen) atoms. The van der Waals surface area contributed by atoms with E-state index in [1.54, 1.807) is 71.9 Å². The second-order valence-electron chi connectivity index (χ2n) is 8.08. The Bertz CT molecular complexity index is 614. The number of nitrogens with zero attached hydrogens (tertiary/aromatic N) is 1. The molecule has 0 aliphatic heterocycles. The molecule has 7 heteroatoms. The lowest BCUT2D eigenvalue weighted by Gasteiger charge is -2.29. The molecule has 0 spiro atoms. The Balaban J connectivity index is 3.34. The van der Waals surface area contributed by atoms with Crippen LogP contribution in [-0.2, 0) is 19.1 Å². The average Bonchev–Trinajstić information content (AvgIpc) is 2.43. The van der Waals surface area contributed by atoms with Crippen LogP contribution in [0.2, 0.25) is 0 Å². The van der Waals surface area contributed by atoms with Crippen molar-refractivity contribution in [3.63, 3.8) is 0 Å². The minimum absolute atomic E-state index is 0.505. The average molecular weight is 365 g/mol. The van der Waals surface area contributed by atoms with Gasteiger partial charge in [0.1, 0.15) is 11.2 Å². The van der Waals surface area contributed by atoms with E-state index in [4.69, 9.17) is 9.47 Å². The summed E-state index contributed by atoms with van der Waals surface area (Å²) in [5.74, 6) is -4.08. The van der Waals surface area contributed by atoms with Crippen LogP contribution in [0, 0.1) is 16.0 Å². The van der Waals surface area contributed by atoms with Crippen molar-refractivity contribution in [2.75, 3.05) is 6.54 Å². The lowest BCUT2D eigenvalue weighted by atomic mass is 9.85. The molecule has 1 rings (SSSR count). The number of hydrogen-bond acceptors (Lipinski definition) is 6. The van der Waals surface area contributed by atoms with E-state index in [0.717, 1.165) is 0 Å². The van der Waals surface area contributed by atoms with Crippen LogP contribution >= 0.6 is 0 Å². The molecule has 1 aromatic rings. The molecule has 0 aliphatic rings. The highest BCUT2D eigenvalue weighted by Crippen LogP contribution is 2.30. The van der Waals surface area contributed by atoms with Crippen molar-refractivity contribution in [3.8, 4) is 0 Å². The Morgan fingerprint density at radius 2 is 1.38 bits per heavy atom. The van der Waals surface area contributed by atoms with Gasteiger partial charge in [0.05, 0.1) is 5.92 Å². The maximum Gasteiger partial charge on any atom is 0.321 e. The third kappa shape index (κ3) is 7.21. The molecule has 0 aliphatic carbocycles. The fourth-order valence-electron chi connectivity index (χ4n) is 2.42. The van der Waals surface area contributed by atoms with E-state index in [1.165, 1.54) is 0 Å². The normalized spacial score (nSPS) is 13.2. The van der Waals surface area contributed by atoms with Gasteiger partial charge in [0, 0.05) is 4.92 Å². The number of carbonyl (C=O) groups excluding carboxylic acids is 2. The smallest absolute Gasteiger partial charge is 0.321 e. The molecule has 7 nitrogen and oxygen atoms in total. The fraction of sp³-hybridized carbons (Fsp3) is 0.579. The molecular formula is C19H27NO6. The van der Waals surface area contributed by atoms with Gasteiger partial charge in [0.25, 0.3) is 0 Å². The van der Waals surface area contributed by atoms with E-state index < -0.39 is 46.4 Å². The second-order valence-corrected chi connectivity index (χ2v) is 8.08. The van der Waals surface area contributed by atoms with E-state index >= 15 is 0 Å². The van der Waals surface area contributed by atoms with Crippen LogP contribution in [0.5, 0.6) is 0 Å². The molecule has 0 fully saturated rings. The van der Waals surface area contributed by atoms with E-state index in [9.17, 15) is 19.7 Å². The summed E-state index contributed by atoms with van der Waals surface area (Å²) in [6, 6.07) is 8.45. The minimum atomic E-state index is -1.43. The van der Waals surface area contributed by atoms with E-state index in [2.05, 4.69) is 0 Å². The zero-order valence-electron chi connectivity index (χ0n) is 16.1. The molecular weight excluding hydrogens is 338 g/mol. The summed E-state index contributed by atoms with van der Waals surface area (Å²) in [4.78, 5) is 36.1. The van der Waals surface area contributed by atoms with Gasteiger partial charge >= 0.3 is 11.9 Å². The largest absolute Gasteiger partial charge is 0.459 e. The van der Waals surface area contributed by atoms with Crippen molar-refractivity contribution < 1.29 is 24.0 Å². The zero-order chi connectivity index (χ0) is 20.1. The first-order chi connectivity index (χ1) is 11.8. The van der Waals surface area contributed by atoms with Gasteiger partial charge < -0.3 is 9.47 Å². The Morgan fingerprint density at radius 1 is 0.962 bits per heavy atom. The van der Waals surface area contributed by atoms with Gasteiger partial charge in [0.2, 0.25) is 6.54 Å². The topological polar surface area (TPSA) is 95.7 Å². The van der Waals surface area contributed by atoms with Gasteiger partial charge in [-0.1, -0.05) is 30.3 Å². The highest BCUT2D eigenvalue weighted by Gasteiger charge is 2.43. The van der Waals surface area contributed by atoms with E-state index in [0.29, 0.717) is 5.56 Å². The number of benzene rings is 1. The summed E-state index contributed by atoms with van der Waals surface area (Å²) in [6.45, 7) is 9.42. The van der Waals surface area contributed by atoms with Crippen molar-refractivity contribution in [1.82, 2.24) is 0 Å². The molecule has 0 heterocycles. The van der Waals surface area contributed by atoms with E-state index in [1.807, 2.05) is 0 Å². The summed E-state index contributed by atoms with van der Waals surface area (Å²) in [7, 11) is 0. The van der Waals surface area contributed by atoms with Crippen LogP contribution in [0.4, 0.5) is 0 Å². The van der Waals surface area contributed by atoms with Crippen molar-refractivity contribution in [2.24, 2.45) is 5.92 Å². The van der Waals surface area contributed by atoms with Crippen LogP contribution in [-0.4, -0.2) is 34.6 Å². The molecule has 0 N–H and O–H groups in total. The Morgan fingerprint density at radius 3 is 1.73 bits per heavy atom. The van der Waals surface area contributed by atoms with Crippen molar-refractivity contribution in [1.29, 1.82) is 0 Å². The summed E-state index contributed by atoms with van der Waals surface area (Å²) < 4.78 is 10.7. The standard InChI is InChI=1S/C19H27NO6/c1-18(2,3)25-16(21)15(17(22)26-19(4,5)6)14(12-20(23)24)13-10-8-7-9-11-13/h7-11,14-15H,12H2,1-6H3/t14-/m0/s1. The summed E-state index contributed by atoms with van der Waals surface area (Å²) in [5, 5.41) is 11.2. The molecule has 0 aromatic heterocycles. The lowest BCUT2D eigenvalue weighted by molar-refractivity contribution is -0.484. The highest BCUT2D eigenvalue weighted by molar-refractivity contribution is 5.96. The Labute approximate surface area is 153 Å². The molecule has 0 radical (unpaired) electrons. The molecule has 0 amide bonds. The number of nitro groups is 1. The van der Waals surface area contributed by atoms with E-state index in [-0.39, 0.29) is 0 Å². The fourth-order valence-corrected chi connectivity index (χ4v) is 2.42. The van der Waals surface area contributed by atoms with Crippen LogP contribution in [0.15, 0.2) is 30.3 Å². The van der Waals surface area contributed by atoms with Crippen molar-refractivity contribution in [3.05, 3.63) is 46.0 Å². The third-order valence-electron chi connectivity index (χ3n) is 3.30. The quantitative estimate of drug-likeness (QED) is 0.332. The number of rotatable bonds is 6. The van der Waals surface area contributed by atoms with Gasteiger partial charge in [-0.05, 0) is 47.1 Å². The van der Waals surface area contributed by atoms with Gasteiger partial charge in [-0.25, -0.2) is 0 Å². The molecule has 0 saturated carbocycles. The highest BCUT2D eigenvalue weighted by atomic mass is 16.6. The minimum Gasteiger partial charge on any atom is -0.459 e. The number of hydrogen-bond donors (Lipinski definition) is 0. The van der Waals surface area contributed by atoms with Crippen molar-refractivity contribution in [2.45, 2.75) is 58.7 Å². The predicted octanol–water partition coefficient (Wildman–Crippen LogP) is 3.35. The third-order valence-corrected chi connectivity index (χ3v) is 3.30. The summed E-state index contributed by atoms with van der Waals surface area (Å²) in [6.07, 6.45) is 0. The van der Waals surface area contributed by atoms with Gasteiger partial charge in [-0.2, -0.15) is 0 Å².